The van der Waals surface area contributed by atoms with Crippen molar-refractivity contribution in [2.45, 2.75) is 31.3 Å². The van der Waals surface area contributed by atoms with Crippen LogP contribution in [0.4, 0.5) is 5.82 Å². The van der Waals surface area contributed by atoms with E-state index in [0.717, 1.165) is 18.0 Å². The monoisotopic (exact) mass is 249 g/mol. The summed E-state index contributed by atoms with van der Waals surface area (Å²) in [6, 6.07) is 1.76. The molecule has 5 nitrogen and oxygen atoms in total. The predicted molar refractivity (Wildman–Crippen MR) is 68.6 cm³/mol. The first-order valence-corrected chi connectivity index (χ1v) is 6.41. The van der Waals surface area contributed by atoms with Gasteiger partial charge in [0.1, 0.15) is 5.82 Å². The first-order valence-electron chi connectivity index (χ1n) is 5.42. The lowest BCUT2D eigenvalue weighted by molar-refractivity contribution is 0.659. The molecular formula is C11H15N5S. The van der Waals surface area contributed by atoms with Gasteiger partial charge in [0.25, 0.3) is 0 Å². The molecule has 0 aliphatic rings. The van der Waals surface area contributed by atoms with Crippen molar-refractivity contribution < 1.29 is 0 Å². The highest BCUT2D eigenvalue weighted by Crippen LogP contribution is 2.20. The summed E-state index contributed by atoms with van der Waals surface area (Å²) >= 11 is 1.57. The van der Waals surface area contributed by atoms with Gasteiger partial charge in [-0.15, -0.1) is 0 Å². The summed E-state index contributed by atoms with van der Waals surface area (Å²) in [5.41, 5.74) is 7.73. The molecular weight excluding hydrogens is 234 g/mol. The summed E-state index contributed by atoms with van der Waals surface area (Å²) in [4.78, 5) is 8.50. The molecule has 0 saturated carbocycles. The molecule has 0 radical (unpaired) electrons. The van der Waals surface area contributed by atoms with Crippen molar-refractivity contribution in [2.24, 2.45) is 0 Å². The minimum Gasteiger partial charge on any atom is -0.384 e. The summed E-state index contributed by atoms with van der Waals surface area (Å²) in [5.74, 6) is 1.33. The number of aryl methyl sites for hydroxylation is 2. The van der Waals surface area contributed by atoms with Crippen LogP contribution in [0.15, 0.2) is 23.6 Å². The van der Waals surface area contributed by atoms with Crippen molar-refractivity contribution in [3.05, 3.63) is 29.7 Å². The maximum absolute atomic E-state index is 5.67. The van der Waals surface area contributed by atoms with Crippen LogP contribution in [-0.4, -0.2) is 19.7 Å². The van der Waals surface area contributed by atoms with Crippen molar-refractivity contribution in [2.75, 3.05) is 5.73 Å². The summed E-state index contributed by atoms with van der Waals surface area (Å²) in [6.07, 6.45) is 3.90. The largest absolute Gasteiger partial charge is 0.384 e. The van der Waals surface area contributed by atoms with Crippen molar-refractivity contribution in [3.8, 4) is 0 Å². The lowest BCUT2D eigenvalue weighted by atomic mass is 10.4. The number of nitrogens with zero attached hydrogens (tertiary/aromatic N) is 4. The van der Waals surface area contributed by atoms with Crippen molar-refractivity contribution >= 4 is 17.6 Å². The summed E-state index contributed by atoms with van der Waals surface area (Å²) < 4.78 is 1.90. The lowest BCUT2D eigenvalue weighted by Crippen LogP contribution is -1.96. The second-order valence-electron chi connectivity index (χ2n) is 3.71. The molecule has 0 amide bonds. The Kier molecular flexibility index (Phi) is 3.63. The Morgan fingerprint density at radius 2 is 2.24 bits per heavy atom. The third-order valence-electron chi connectivity index (χ3n) is 2.23. The van der Waals surface area contributed by atoms with Crippen LogP contribution in [0.2, 0.25) is 0 Å². The van der Waals surface area contributed by atoms with Gasteiger partial charge in [-0.25, -0.2) is 9.97 Å². The van der Waals surface area contributed by atoms with Crippen LogP contribution in [0, 0.1) is 6.92 Å². The average molecular weight is 249 g/mol. The van der Waals surface area contributed by atoms with E-state index in [9.17, 15) is 0 Å². The summed E-state index contributed by atoms with van der Waals surface area (Å²) in [5, 5.41) is 4.93. The molecule has 2 N–H and O–H groups in total. The highest BCUT2D eigenvalue weighted by Gasteiger charge is 2.03. The molecule has 0 fully saturated rings. The summed E-state index contributed by atoms with van der Waals surface area (Å²) in [6.45, 7) is 4.87. The van der Waals surface area contributed by atoms with E-state index in [1.807, 2.05) is 24.0 Å². The van der Waals surface area contributed by atoms with Gasteiger partial charge in [-0.05, 0) is 13.8 Å². The minimum atomic E-state index is 0.518. The lowest BCUT2D eigenvalue weighted by Gasteiger charge is -2.01. The number of hydrogen-bond donors (Lipinski definition) is 1. The average Bonchev–Trinajstić information content (AvgIpc) is 2.73. The molecule has 0 unspecified atom stereocenters. The molecule has 6 heteroatoms. The maximum atomic E-state index is 5.67. The second kappa shape index (κ2) is 5.18. The Morgan fingerprint density at radius 3 is 2.88 bits per heavy atom. The number of nitrogen functional groups attached to an aromatic ring is 1. The smallest absolute Gasteiger partial charge is 0.190 e. The molecule has 0 spiro atoms. The van der Waals surface area contributed by atoms with Gasteiger partial charge in [0, 0.05) is 35.8 Å². The highest BCUT2D eigenvalue weighted by atomic mass is 32.2. The van der Waals surface area contributed by atoms with Gasteiger partial charge in [-0.3, -0.25) is 4.68 Å². The maximum Gasteiger partial charge on any atom is 0.190 e. The fraction of sp³-hybridized carbons (Fsp3) is 0.364. The van der Waals surface area contributed by atoms with E-state index < -0.39 is 0 Å². The first-order chi connectivity index (χ1) is 8.17. The predicted octanol–water partition coefficient (Wildman–Crippen LogP) is 1.88. The quantitative estimate of drug-likeness (QED) is 0.661. The van der Waals surface area contributed by atoms with E-state index in [1.165, 1.54) is 5.56 Å². The van der Waals surface area contributed by atoms with Crippen LogP contribution in [0.25, 0.3) is 0 Å². The number of thioether (sulfide) groups is 1. The number of hydrogen-bond acceptors (Lipinski definition) is 5. The normalized spacial score (nSPS) is 10.7. The van der Waals surface area contributed by atoms with E-state index in [-0.39, 0.29) is 0 Å². The van der Waals surface area contributed by atoms with Crippen LogP contribution in [0.5, 0.6) is 0 Å². The van der Waals surface area contributed by atoms with Gasteiger partial charge in [0.15, 0.2) is 5.16 Å². The number of nitrogens with two attached hydrogens (primary N) is 1. The molecule has 2 rings (SSSR count). The minimum absolute atomic E-state index is 0.518. The Morgan fingerprint density at radius 1 is 1.41 bits per heavy atom. The molecule has 2 aromatic heterocycles. The van der Waals surface area contributed by atoms with Crippen LogP contribution in [0.3, 0.4) is 0 Å². The molecule has 90 valence electrons. The fourth-order valence-corrected chi connectivity index (χ4v) is 2.25. The van der Waals surface area contributed by atoms with Gasteiger partial charge >= 0.3 is 0 Å². The molecule has 0 bridgehead atoms. The summed E-state index contributed by atoms with van der Waals surface area (Å²) in [7, 11) is 0. The van der Waals surface area contributed by atoms with E-state index in [1.54, 1.807) is 17.8 Å². The molecule has 0 saturated heterocycles. The number of aromatic nitrogens is 4. The van der Waals surface area contributed by atoms with Crippen LogP contribution in [-0.2, 0) is 12.3 Å². The Balaban J connectivity index is 2.01. The molecule has 17 heavy (non-hydrogen) atoms. The number of anilines is 1. The zero-order valence-corrected chi connectivity index (χ0v) is 10.7. The van der Waals surface area contributed by atoms with Crippen LogP contribution in [0.1, 0.15) is 18.2 Å². The van der Waals surface area contributed by atoms with Crippen LogP contribution < -0.4 is 5.73 Å². The Hall–Kier alpha value is -1.56. The number of rotatable bonds is 4. The van der Waals surface area contributed by atoms with E-state index in [0.29, 0.717) is 11.0 Å². The first kappa shape index (κ1) is 11.9. The fourth-order valence-electron chi connectivity index (χ4n) is 1.43. The molecule has 2 aromatic rings. The van der Waals surface area contributed by atoms with Gasteiger partial charge in [0.2, 0.25) is 0 Å². The van der Waals surface area contributed by atoms with Crippen molar-refractivity contribution in [3.63, 3.8) is 0 Å². The third-order valence-corrected chi connectivity index (χ3v) is 3.15. The van der Waals surface area contributed by atoms with Crippen molar-refractivity contribution in [1.29, 1.82) is 0 Å². The van der Waals surface area contributed by atoms with Crippen LogP contribution >= 0.6 is 11.8 Å². The Bertz CT molecular complexity index is 488. The highest BCUT2D eigenvalue weighted by molar-refractivity contribution is 7.98. The standard InChI is InChI=1S/C11H15N5S/c1-3-16-6-9(5-13-16)7-17-11-14-8(2)4-10(12)15-11/h4-6H,3,7H2,1-2H3,(H2,12,14,15). The van der Waals surface area contributed by atoms with Crippen molar-refractivity contribution in [1.82, 2.24) is 19.7 Å². The second-order valence-corrected chi connectivity index (χ2v) is 4.65. The Labute approximate surface area is 104 Å². The zero-order valence-electron chi connectivity index (χ0n) is 9.92. The molecule has 0 aliphatic heterocycles. The van der Waals surface area contributed by atoms with E-state index in [4.69, 9.17) is 5.73 Å². The molecule has 0 aromatic carbocycles. The van der Waals surface area contributed by atoms with Gasteiger partial charge in [-0.1, -0.05) is 11.8 Å². The van der Waals surface area contributed by atoms with E-state index in [2.05, 4.69) is 22.0 Å². The third kappa shape index (κ3) is 3.20. The molecule has 2 heterocycles. The molecule has 0 atom stereocenters. The van der Waals surface area contributed by atoms with Gasteiger partial charge < -0.3 is 5.73 Å². The van der Waals surface area contributed by atoms with E-state index >= 15 is 0 Å². The molecule has 0 aliphatic carbocycles. The van der Waals surface area contributed by atoms with Gasteiger partial charge in [-0.2, -0.15) is 5.10 Å². The SMILES string of the molecule is CCn1cc(CSc2nc(C)cc(N)n2)cn1. The topological polar surface area (TPSA) is 69.6 Å². The zero-order chi connectivity index (χ0) is 12.3. The van der Waals surface area contributed by atoms with Gasteiger partial charge in [0.05, 0.1) is 6.20 Å².